The molecule has 0 amide bonds. The molecule has 0 N–H and O–H groups in total. The molecule has 1 atom stereocenters. The molecule has 1 aromatic carbocycles. The number of ether oxygens (including phenoxy) is 2. The van der Waals surface area contributed by atoms with E-state index in [1.807, 2.05) is 18.2 Å². The molecule has 2 rings (SSSR count). The van der Waals surface area contributed by atoms with E-state index < -0.39 is 0 Å². The Bertz CT molecular complexity index is 312. The van der Waals surface area contributed by atoms with E-state index in [2.05, 4.69) is 15.9 Å². The first-order valence-corrected chi connectivity index (χ1v) is 5.17. The van der Waals surface area contributed by atoms with Crippen molar-refractivity contribution in [2.75, 3.05) is 13.7 Å². The Balaban J connectivity index is 2.41. The standard InChI is InChI=1S/C10H11BrO2/c1-12-7-2-3-10-8(6-7)9(11)4-5-13-10/h2-3,6,9H,4-5H2,1H3. The number of hydrogen-bond donors (Lipinski definition) is 0. The molecule has 1 aliphatic heterocycles. The molecule has 0 fully saturated rings. The molecule has 0 aromatic heterocycles. The third kappa shape index (κ3) is 1.66. The van der Waals surface area contributed by atoms with Crippen LogP contribution in [0, 0.1) is 0 Å². The van der Waals surface area contributed by atoms with Crippen molar-refractivity contribution in [1.82, 2.24) is 0 Å². The van der Waals surface area contributed by atoms with Gasteiger partial charge in [-0.05, 0) is 24.6 Å². The van der Waals surface area contributed by atoms with Crippen molar-refractivity contribution in [3.05, 3.63) is 23.8 Å². The molecule has 0 bridgehead atoms. The Hall–Kier alpha value is -0.700. The second-order valence-corrected chi connectivity index (χ2v) is 4.11. The topological polar surface area (TPSA) is 18.5 Å². The summed E-state index contributed by atoms with van der Waals surface area (Å²) in [6.45, 7) is 0.787. The summed E-state index contributed by atoms with van der Waals surface area (Å²) in [7, 11) is 1.68. The van der Waals surface area contributed by atoms with Crippen LogP contribution in [0.25, 0.3) is 0 Å². The minimum atomic E-state index is 0.395. The Labute approximate surface area is 86.0 Å². The number of rotatable bonds is 1. The first-order chi connectivity index (χ1) is 6.31. The maximum atomic E-state index is 5.51. The highest BCUT2D eigenvalue weighted by Gasteiger charge is 2.19. The Kier molecular flexibility index (Phi) is 2.44. The summed E-state index contributed by atoms with van der Waals surface area (Å²) in [4.78, 5) is 0.395. The van der Waals surface area contributed by atoms with Crippen molar-refractivity contribution in [3.8, 4) is 11.5 Å². The predicted octanol–water partition coefficient (Wildman–Crippen LogP) is 2.91. The van der Waals surface area contributed by atoms with Crippen molar-refractivity contribution in [3.63, 3.8) is 0 Å². The van der Waals surface area contributed by atoms with Crippen molar-refractivity contribution < 1.29 is 9.47 Å². The summed E-state index contributed by atoms with van der Waals surface area (Å²) >= 11 is 3.61. The maximum absolute atomic E-state index is 5.51. The monoisotopic (exact) mass is 242 g/mol. The van der Waals surface area contributed by atoms with Crippen molar-refractivity contribution in [1.29, 1.82) is 0 Å². The lowest BCUT2D eigenvalue weighted by Crippen LogP contribution is -2.10. The third-order valence-corrected chi connectivity index (χ3v) is 3.13. The number of hydrogen-bond acceptors (Lipinski definition) is 2. The Morgan fingerprint density at radius 2 is 2.38 bits per heavy atom. The molecule has 1 unspecified atom stereocenters. The van der Waals surface area contributed by atoms with Crippen LogP contribution in [-0.4, -0.2) is 13.7 Å². The fraction of sp³-hybridized carbons (Fsp3) is 0.400. The first-order valence-electron chi connectivity index (χ1n) is 4.26. The van der Waals surface area contributed by atoms with Gasteiger partial charge in [0.2, 0.25) is 0 Å². The van der Waals surface area contributed by atoms with Gasteiger partial charge >= 0.3 is 0 Å². The van der Waals surface area contributed by atoms with Gasteiger partial charge in [0.15, 0.2) is 0 Å². The van der Waals surface area contributed by atoms with Gasteiger partial charge in [-0.3, -0.25) is 0 Å². The molecule has 0 aliphatic carbocycles. The highest BCUT2D eigenvalue weighted by Crippen LogP contribution is 2.39. The van der Waals surface area contributed by atoms with Gasteiger partial charge in [-0.25, -0.2) is 0 Å². The highest BCUT2D eigenvalue weighted by molar-refractivity contribution is 9.09. The molecule has 0 saturated heterocycles. The molecule has 0 radical (unpaired) electrons. The molecule has 0 spiro atoms. The van der Waals surface area contributed by atoms with Crippen LogP contribution in [0.2, 0.25) is 0 Å². The van der Waals surface area contributed by atoms with Crippen molar-refractivity contribution in [2.45, 2.75) is 11.2 Å². The van der Waals surface area contributed by atoms with E-state index in [0.29, 0.717) is 4.83 Å². The Morgan fingerprint density at radius 3 is 3.15 bits per heavy atom. The first kappa shape index (κ1) is 8.88. The SMILES string of the molecule is COc1ccc2c(c1)C(Br)CCO2. The summed E-state index contributed by atoms with van der Waals surface area (Å²) in [6, 6.07) is 5.90. The summed E-state index contributed by atoms with van der Waals surface area (Å²) in [5.41, 5.74) is 1.19. The predicted molar refractivity (Wildman–Crippen MR) is 54.8 cm³/mol. The van der Waals surface area contributed by atoms with E-state index in [1.165, 1.54) is 5.56 Å². The van der Waals surface area contributed by atoms with E-state index in [4.69, 9.17) is 9.47 Å². The summed E-state index contributed by atoms with van der Waals surface area (Å²) in [5.74, 6) is 1.85. The van der Waals surface area contributed by atoms with Crippen LogP contribution in [0.3, 0.4) is 0 Å². The molecular formula is C10H11BrO2. The molecule has 70 valence electrons. The fourth-order valence-corrected chi connectivity index (χ4v) is 2.00. The van der Waals surface area contributed by atoms with E-state index in [-0.39, 0.29) is 0 Å². The van der Waals surface area contributed by atoms with Crippen LogP contribution in [0.4, 0.5) is 0 Å². The van der Waals surface area contributed by atoms with Gasteiger partial charge in [-0.15, -0.1) is 0 Å². The van der Waals surface area contributed by atoms with Crippen LogP contribution < -0.4 is 9.47 Å². The maximum Gasteiger partial charge on any atom is 0.123 e. The van der Waals surface area contributed by atoms with E-state index in [1.54, 1.807) is 7.11 Å². The Morgan fingerprint density at radius 1 is 1.54 bits per heavy atom. The van der Waals surface area contributed by atoms with Gasteiger partial charge in [0.1, 0.15) is 11.5 Å². The van der Waals surface area contributed by atoms with Crippen LogP contribution in [0.15, 0.2) is 18.2 Å². The number of fused-ring (bicyclic) bond motifs is 1. The summed E-state index contributed by atoms with van der Waals surface area (Å²) in [6.07, 6.45) is 1.01. The number of methoxy groups -OCH3 is 1. The second kappa shape index (κ2) is 3.58. The number of benzene rings is 1. The molecule has 2 nitrogen and oxygen atoms in total. The lowest BCUT2D eigenvalue weighted by Gasteiger charge is -2.22. The van der Waals surface area contributed by atoms with E-state index in [0.717, 1.165) is 24.5 Å². The van der Waals surface area contributed by atoms with Crippen molar-refractivity contribution in [2.24, 2.45) is 0 Å². The minimum Gasteiger partial charge on any atom is -0.497 e. The van der Waals surface area contributed by atoms with Crippen LogP contribution in [-0.2, 0) is 0 Å². The molecule has 1 aromatic rings. The quantitative estimate of drug-likeness (QED) is 0.706. The van der Waals surface area contributed by atoms with Gasteiger partial charge in [-0.1, -0.05) is 15.9 Å². The van der Waals surface area contributed by atoms with Gasteiger partial charge in [0.05, 0.1) is 13.7 Å². The molecule has 13 heavy (non-hydrogen) atoms. The summed E-state index contributed by atoms with van der Waals surface area (Å²) in [5, 5.41) is 0. The van der Waals surface area contributed by atoms with Gasteiger partial charge in [-0.2, -0.15) is 0 Å². The highest BCUT2D eigenvalue weighted by atomic mass is 79.9. The molecule has 0 saturated carbocycles. The number of alkyl halides is 1. The normalized spacial score (nSPS) is 20.3. The van der Waals surface area contributed by atoms with Gasteiger partial charge in [0, 0.05) is 10.4 Å². The zero-order valence-electron chi connectivity index (χ0n) is 7.42. The van der Waals surface area contributed by atoms with Crippen LogP contribution in [0.5, 0.6) is 11.5 Å². The fourth-order valence-electron chi connectivity index (χ4n) is 1.46. The molecule has 3 heteroatoms. The molecule has 1 aliphatic rings. The van der Waals surface area contributed by atoms with E-state index in [9.17, 15) is 0 Å². The summed E-state index contributed by atoms with van der Waals surface area (Å²) < 4.78 is 10.7. The second-order valence-electron chi connectivity index (χ2n) is 3.01. The average Bonchev–Trinajstić information content (AvgIpc) is 2.18. The van der Waals surface area contributed by atoms with Gasteiger partial charge < -0.3 is 9.47 Å². The largest absolute Gasteiger partial charge is 0.497 e. The zero-order chi connectivity index (χ0) is 9.26. The third-order valence-electron chi connectivity index (χ3n) is 2.18. The van der Waals surface area contributed by atoms with Gasteiger partial charge in [0.25, 0.3) is 0 Å². The smallest absolute Gasteiger partial charge is 0.123 e. The number of halogens is 1. The van der Waals surface area contributed by atoms with Crippen LogP contribution >= 0.6 is 15.9 Å². The minimum absolute atomic E-state index is 0.395. The van der Waals surface area contributed by atoms with Crippen molar-refractivity contribution >= 4 is 15.9 Å². The molecular weight excluding hydrogens is 232 g/mol. The lowest BCUT2D eigenvalue weighted by atomic mass is 10.1. The molecule has 1 heterocycles. The average molecular weight is 243 g/mol. The zero-order valence-corrected chi connectivity index (χ0v) is 9.00. The lowest BCUT2D eigenvalue weighted by molar-refractivity contribution is 0.286. The van der Waals surface area contributed by atoms with E-state index >= 15 is 0 Å². The van der Waals surface area contributed by atoms with Crippen LogP contribution in [0.1, 0.15) is 16.8 Å².